The van der Waals surface area contributed by atoms with Gasteiger partial charge in [0.05, 0.1) is 11.5 Å². The molecule has 0 saturated heterocycles. The third-order valence-corrected chi connectivity index (χ3v) is 3.09. The molecule has 1 heterocycles. The van der Waals surface area contributed by atoms with E-state index >= 15 is 0 Å². The summed E-state index contributed by atoms with van der Waals surface area (Å²) in [6, 6.07) is 6.46. The number of fused-ring (bicyclic) bond motifs is 1. The minimum absolute atomic E-state index is 0.0328. The highest BCUT2D eigenvalue weighted by molar-refractivity contribution is 5.91. The van der Waals surface area contributed by atoms with Crippen molar-refractivity contribution in [3.63, 3.8) is 0 Å². The van der Waals surface area contributed by atoms with Crippen molar-refractivity contribution in [1.29, 1.82) is 0 Å². The molecule has 21 heavy (non-hydrogen) atoms. The van der Waals surface area contributed by atoms with E-state index < -0.39 is 4.92 Å². The van der Waals surface area contributed by atoms with Crippen molar-refractivity contribution in [2.75, 3.05) is 6.61 Å². The number of aromatic nitrogens is 1. The first-order chi connectivity index (χ1) is 10.1. The van der Waals surface area contributed by atoms with Crippen molar-refractivity contribution < 1.29 is 14.5 Å². The highest BCUT2D eigenvalue weighted by atomic mass is 16.6. The van der Waals surface area contributed by atoms with Gasteiger partial charge in [0.25, 0.3) is 5.69 Å². The van der Waals surface area contributed by atoms with Crippen LogP contribution in [0.5, 0.6) is 5.75 Å². The highest BCUT2D eigenvalue weighted by Crippen LogP contribution is 2.31. The molecule has 0 fully saturated rings. The maximum Gasteiger partial charge on any atom is 0.295 e. The van der Waals surface area contributed by atoms with E-state index in [4.69, 9.17) is 4.74 Å². The van der Waals surface area contributed by atoms with Gasteiger partial charge in [-0.05, 0) is 38.0 Å². The summed E-state index contributed by atoms with van der Waals surface area (Å²) in [5.41, 5.74) is 0.290. The summed E-state index contributed by atoms with van der Waals surface area (Å²) < 4.78 is 5.66. The first-order valence-corrected chi connectivity index (χ1v) is 6.74. The molecule has 0 bridgehead atoms. The normalized spacial score (nSPS) is 10.5. The van der Waals surface area contributed by atoms with Crippen molar-refractivity contribution in [1.82, 2.24) is 4.98 Å². The van der Waals surface area contributed by atoms with Gasteiger partial charge in [0, 0.05) is 24.1 Å². The minimum atomic E-state index is -0.452. The van der Waals surface area contributed by atoms with Crippen LogP contribution < -0.4 is 4.74 Å². The van der Waals surface area contributed by atoms with Crippen LogP contribution in [0.15, 0.2) is 30.5 Å². The van der Waals surface area contributed by atoms with E-state index in [2.05, 4.69) is 4.98 Å². The number of hydrogen-bond acceptors (Lipinski definition) is 5. The second-order valence-corrected chi connectivity index (χ2v) is 4.75. The van der Waals surface area contributed by atoms with Crippen molar-refractivity contribution in [2.45, 2.75) is 26.2 Å². The van der Waals surface area contributed by atoms with Crippen molar-refractivity contribution in [3.8, 4) is 5.75 Å². The molecule has 0 aliphatic carbocycles. The molecule has 6 heteroatoms. The Kier molecular flexibility index (Phi) is 4.81. The zero-order valence-corrected chi connectivity index (χ0v) is 11.7. The number of hydrogen-bond donors (Lipinski definition) is 0. The number of nitro groups is 1. The lowest BCUT2D eigenvalue weighted by Crippen LogP contribution is -2.00. The Morgan fingerprint density at radius 2 is 2.14 bits per heavy atom. The molecule has 1 aromatic heterocycles. The van der Waals surface area contributed by atoms with Gasteiger partial charge in [0.15, 0.2) is 5.52 Å². The van der Waals surface area contributed by atoms with E-state index in [1.807, 2.05) is 0 Å². The van der Waals surface area contributed by atoms with Crippen LogP contribution >= 0.6 is 0 Å². The molecule has 1 aromatic carbocycles. The minimum Gasteiger partial charge on any atom is -0.493 e. The highest BCUT2D eigenvalue weighted by Gasteiger charge is 2.15. The monoisotopic (exact) mass is 288 g/mol. The van der Waals surface area contributed by atoms with Crippen molar-refractivity contribution in [2.24, 2.45) is 0 Å². The van der Waals surface area contributed by atoms with Crippen LogP contribution in [0.4, 0.5) is 5.69 Å². The molecular formula is C15H16N2O4. The molecular weight excluding hydrogens is 272 g/mol. The number of unbranched alkanes of at least 4 members (excludes halogenated alkanes) is 1. The molecule has 0 atom stereocenters. The molecule has 2 rings (SSSR count). The summed E-state index contributed by atoms with van der Waals surface area (Å²) in [6.45, 7) is 2.03. The van der Waals surface area contributed by atoms with Crippen LogP contribution in [0.3, 0.4) is 0 Å². The number of rotatable bonds is 7. The largest absolute Gasteiger partial charge is 0.493 e. The van der Waals surface area contributed by atoms with E-state index in [0.29, 0.717) is 29.7 Å². The Labute approximate surface area is 121 Å². The fraction of sp³-hybridized carbons (Fsp3) is 0.333. The fourth-order valence-corrected chi connectivity index (χ4v) is 2.06. The summed E-state index contributed by atoms with van der Waals surface area (Å²) in [6.07, 6.45) is 3.61. The van der Waals surface area contributed by atoms with Crippen molar-refractivity contribution in [3.05, 3.63) is 40.6 Å². The second-order valence-electron chi connectivity index (χ2n) is 4.75. The van der Waals surface area contributed by atoms with Gasteiger partial charge in [-0.3, -0.25) is 10.1 Å². The summed E-state index contributed by atoms with van der Waals surface area (Å²) in [5, 5.41) is 11.6. The number of carbonyl (C=O) groups excluding carboxylic acids is 1. The predicted molar refractivity (Wildman–Crippen MR) is 78.4 cm³/mol. The van der Waals surface area contributed by atoms with Gasteiger partial charge >= 0.3 is 0 Å². The molecule has 0 unspecified atom stereocenters. The predicted octanol–water partition coefficient (Wildman–Crippen LogP) is 3.28. The van der Waals surface area contributed by atoms with Crippen LogP contribution in [0.25, 0.3) is 10.9 Å². The molecule has 0 aliphatic heterocycles. The van der Waals surface area contributed by atoms with Crippen LogP contribution in [0.1, 0.15) is 26.2 Å². The van der Waals surface area contributed by atoms with Crippen LogP contribution in [-0.2, 0) is 4.79 Å². The van der Waals surface area contributed by atoms with Gasteiger partial charge in [-0.2, -0.15) is 0 Å². The van der Waals surface area contributed by atoms with Crippen LogP contribution in [-0.4, -0.2) is 22.3 Å². The number of ketones is 1. The molecule has 0 aliphatic rings. The number of carbonyl (C=O) groups is 1. The number of non-ortho nitro benzene ring substituents is 1. The standard InChI is InChI=1S/C15H16N2O4/c1-11(18)5-2-3-10-21-14-8-7-13(17(19)20)15-12(14)6-4-9-16-15/h4,6-9H,2-3,5,10H2,1H3. The Hall–Kier alpha value is -2.50. The van der Waals surface area contributed by atoms with Gasteiger partial charge in [-0.15, -0.1) is 0 Å². The van der Waals surface area contributed by atoms with Crippen LogP contribution in [0, 0.1) is 10.1 Å². The van der Waals surface area contributed by atoms with Crippen LogP contribution in [0.2, 0.25) is 0 Å². The summed E-state index contributed by atoms with van der Waals surface area (Å²) in [5.74, 6) is 0.742. The Morgan fingerprint density at radius 1 is 1.33 bits per heavy atom. The van der Waals surface area contributed by atoms with E-state index in [1.54, 1.807) is 25.1 Å². The molecule has 0 saturated carbocycles. The van der Waals surface area contributed by atoms with Gasteiger partial charge < -0.3 is 9.53 Å². The zero-order valence-electron chi connectivity index (χ0n) is 11.7. The third kappa shape index (κ3) is 3.75. The summed E-state index contributed by atoms with van der Waals surface area (Å²) in [7, 11) is 0. The third-order valence-electron chi connectivity index (χ3n) is 3.09. The molecule has 0 spiro atoms. The zero-order chi connectivity index (χ0) is 15.2. The van der Waals surface area contributed by atoms with E-state index in [1.165, 1.54) is 12.3 Å². The first-order valence-electron chi connectivity index (χ1n) is 6.74. The van der Waals surface area contributed by atoms with E-state index in [-0.39, 0.29) is 11.5 Å². The molecule has 6 nitrogen and oxygen atoms in total. The molecule has 0 N–H and O–H groups in total. The second kappa shape index (κ2) is 6.78. The number of benzene rings is 1. The Morgan fingerprint density at radius 3 is 2.86 bits per heavy atom. The Balaban J connectivity index is 2.12. The molecule has 110 valence electrons. The molecule has 0 radical (unpaired) electrons. The average Bonchev–Trinajstić information content (AvgIpc) is 2.46. The lowest BCUT2D eigenvalue weighted by atomic mass is 10.1. The smallest absolute Gasteiger partial charge is 0.295 e. The number of nitro benzene ring substituents is 1. The SMILES string of the molecule is CC(=O)CCCCOc1ccc([N+](=O)[O-])c2ncccc12. The van der Waals surface area contributed by atoms with Gasteiger partial charge in [-0.1, -0.05) is 0 Å². The Bertz CT molecular complexity index is 670. The van der Waals surface area contributed by atoms with Gasteiger partial charge in [-0.25, -0.2) is 4.98 Å². The quantitative estimate of drug-likeness (QED) is 0.443. The summed E-state index contributed by atoms with van der Waals surface area (Å²) in [4.78, 5) is 25.4. The maximum absolute atomic E-state index is 11.0. The van der Waals surface area contributed by atoms with Gasteiger partial charge in [0.2, 0.25) is 0 Å². The molecule has 0 amide bonds. The first kappa shape index (κ1) is 14.9. The lowest BCUT2D eigenvalue weighted by molar-refractivity contribution is -0.383. The number of pyridine rings is 1. The average molecular weight is 288 g/mol. The number of ether oxygens (including phenoxy) is 1. The lowest BCUT2D eigenvalue weighted by Gasteiger charge is -2.08. The van der Waals surface area contributed by atoms with Crippen molar-refractivity contribution >= 4 is 22.4 Å². The van der Waals surface area contributed by atoms with Gasteiger partial charge in [0.1, 0.15) is 11.5 Å². The van der Waals surface area contributed by atoms with E-state index in [0.717, 1.165) is 12.8 Å². The summed E-state index contributed by atoms with van der Waals surface area (Å²) >= 11 is 0. The topological polar surface area (TPSA) is 82.3 Å². The fourth-order valence-electron chi connectivity index (χ4n) is 2.06. The van der Waals surface area contributed by atoms with E-state index in [9.17, 15) is 14.9 Å². The number of nitrogens with zero attached hydrogens (tertiary/aromatic N) is 2. The maximum atomic E-state index is 11.0. The molecule has 2 aromatic rings. The number of Topliss-reactive ketones (excluding diaryl/α,β-unsaturated/α-hetero) is 1.